The maximum atomic E-state index is 5.84. The van der Waals surface area contributed by atoms with Crippen LogP contribution in [0.4, 0.5) is 5.69 Å². The molecule has 3 rings (SSSR count). The zero-order valence-electron chi connectivity index (χ0n) is 8.63. The Labute approximate surface area is 84.3 Å². The molecule has 0 radical (unpaired) electrons. The Morgan fingerprint density at radius 2 is 2.07 bits per heavy atom. The van der Waals surface area contributed by atoms with Crippen LogP contribution in [0.5, 0.6) is 0 Å². The lowest BCUT2D eigenvalue weighted by atomic mass is 9.76. The number of hydrogen-bond donors (Lipinski definition) is 1. The molecule has 2 heteroatoms. The Hall–Kier alpha value is -1.02. The summed E-state index contributed by atoms with van der Waals surface area (Å²) in [4.78, 5) is 0. The summed E-state index contributed by atoms with van der Waals surface area (Å²) in [5.74, 6) is 0. The van der Waals surface area contributed by atoms with Crippen LogP contribution in [0.3, 0.4) is 0 Å². The van der Waals surface area contributed by atoms with Gasteiger partial charge >= 0.3 is 0 Å². The minimum absolute atomic E-state index is 0.142. The third kappa shape index (κ3) is 0.758. The van der Waals surface area contributed by atoms with Gasteiger partial charge in [-0.15, -0.1) is 0 Å². The second kappa shape index (κ2) is 2.31. The summed E-state index contributed by atoms with van der Waals surface area (Å²) >= 11 is 0. The molecule has 0 spiro atoms. The van der Waals surface area contributed by atoms with Crippen LogP contribution in [0.15, 0.2) is 24.3 Å². The van der Waals surface area contributed by atoms with E-state index in [1.165, 1.54) is 11.3 Å². The lowest BCUT2D eigenvalue weighted by Gasteiger charge is -2.32. The van der Waals surface area contributed by atoms with E-state index in [1.54, 1.807) is 0 Å². The van der Waals surface area contributed by atoms with E-state index in [2.05, 4.69) is 43.4 Å². The van der Waals surface area contributed by atoms with Crippen LogP contribution in [0.25, 0.3) is 0 Å². The lowest BCUT2D eigenvalue weighted by molar-refractivity contribution is 0.0182. The van der Waals surface area contributed by atoms with Gasteiger partial charge in [-0.05, 0) is 25.0 Å². The van der Waals surface area contributed by atoms with E-state index >= 15 is 0 Å². The molecule has 2 nitrogen and oxygen atoms in total. The predicted octanol–water partition coefficient (Wildman–Crippen LogP) is 2.51. The van der Waals surface area contributed by atoms with Gasteiger partial charge in [0.05, 0.1) is 6.61 Å². The molecular weight excluding hydrogens is 174 g/mol. The minimum atomic E-state index is -0.198. The summed E-state index contributed by atoms with van der Waals surface area (Å²) in [7, 11) is 0. The summed E-state index contributed by atoms with van der Waals surface area (Å²) in [5.41, 5.74) is 2.58. The van der Waals surface area contributed by atoms with E-state index in [0.29, 0.717) is 0 Å². The largest absolute Gasteiger partial charge is 0.357 e. The molecule has 0 aromatic heterocycles. The molecule has 2 aliphatic rings. The second-order valence-electron chi connectivity index (χ2n) is 4.63. The average Bonchev–Trinajstić information content (AvgIpc) is 2.54. The van der Waals surface area contributed by atoms with E-state index in [-0.39, 0.29) is 11.1 Å². The Morgan fingerprint density at radius 3 is 2.93 bits per heavy atom. The van der Waals surface area contributed by atoms with Crippen LogP contribution in [0.2, 0.25) is 0 Å². The zero-order chi connectivity index (χ0) is 9.81. The average molecular weight is 189 g/mol. The molecule has 0 amide bonds. The van der Waals surface area contributed by atoms with Crippen LogP contribution >= 0.6 is 0 Å². The molecule has 0 bridgehead atoms. The van der Waals surface area contributed by atoms with E-state index in [1.807, 2.05) is 0 Å². The fourth-order valence-corrected chi connectivity index (χ4v) is 2.75. The Balaban J connectivity index is 2.22. The van der Waals surface area contributed by atoms with Gasteiger partial charge in [-0.1, -0.05) is 25.1 Å². The summed E-state index contributed by atoms with van der Waals surface area (Å²) in [6, 6.07) is 8.52. The molecule has 0 saturated carbocycles. The van der Waals surface area contributed by atoms with Gasteiger partial charge < -0.3 is 10.1 Å². The van der Waals surface area contributed by atoms with Crippen molar-refractivity contribution in [2.45, 2.75) is 31.4 Å². The molecule has 0 aliphatic carbocycles. The van der Waals surface area contributed by atoms with Crippen molar-refractivity contribution in [3.8, 4) is 0 Å². The highest BCUT2D eigenvalue weighted by molar-refractivity contribution is 5.63. The molecule has 2 atom stereocenters. The molecule has 1 fully saturated rings. The second-order valence-corrected chi connectivity index (χ2v) is 4.63. The summed E-state index contributed by atoms with van der Waals surface area (Å²) in [5, 5.41) is 3.49. The van der Waals surface area contributed by atoms with Crippen molar-refractivity contribution >= 4 is 5.69 Å². The van der Waals surface area contributed by atoms with Crippen LogP contribution in [0, 0.1) is 0 Å². The molecule has 0 unspecified atom stereocenters. The van der Waals surface area contributed by atoms with Gasteiger partial charge in [-0.2, -0.15) is 0 Å². The van der Waals surface area contributed by atoms with Crippen LogP contribution in [-0.2, 0) is 10.2 Å². The van der Waals surface area contributed by atoms with Crippen molar-refractivity contribution in [3.63, 3.8) is 0 Å². The third-order valence-electron chi connectivity index (χ3n) is 3.94. The van der Waals surface area contributed by atoms with E-state index in [0.717, 1.165) is 13.0 Å². The monoisotopic (exact) mass is 189 g/mol. The number of ether oxygens (including phenoxy) is 1. The maximum Gasteiger partial charge on any atom is 0.145 e. The fraction of sp³-hybridized carbons (Fsp3) is 0.500. The van der Waals surface area contributed by atoms with Gasteiger partial charge in [0.2, 0.25) is 0 Å². The van der Waals surface area contributed by atoms with Crippen molar-refractivity contribution in [2.75, 3.05) is 11.9 Å². The Morgan fingerprint density at radius 1 is 1.29 bits per heavy atom. The number of anilines is 1. The van der Waals surface area contributed by atoms with Crippen molar-refractivity contribution in [3.05, 3.63) is 29.8 Å². The summed E-state index contributed by atoms with van der Waals surface area (Å²) < 4.78 is 5.84. The van der Waals surface area contributed by atoms with Crippen molar-refractivity contribution in [2.24, 2.45) is 0 Å². The zero-order valence-corrected chi connectivity index (χ0v) is 8.63. The normalized spacial score (nSPS) is 39.0. The number of fused-ring (bicyclic) bond motifs is 3. The van der Waals surface area contributed by atoms with E-state index < -0.39 is 0 Å². The van der Waals surface area contributed by atoms with Crippen molar-refractivity contribution in [1.29, 1.82) is 0 Å². The minimum Gasteiger partial charge on any atom is -0.357 e. The van der Waals surface area contributed by atoms with Crippen LogP contribution < -0.4 is 5.32 Å². The molecule has 2 heterocycles. The van der Waals surface area contributed by atoms with Gasteiger partial charge in [0, 0.05) is 11.1 Å². The van der Waals surface area contributed by atoms with Gasteiger partial charge in [0.25, 0.3) is 0 Å². The number of hydrogen-bond acceptors (Lipinski definition) is 2. The Bertz CT molecular complexity index is 390. The van der Waals surface area contributed by atoms with E-state index in [4.69, 9.17) is 4.74 Å². The Kier molecular flexibility index (Phi) is 1.37. The first-order valence-electron chi connectivity index (χ1n) is 5.17. The topological polar surface area (TPSA) is 21.3 Å². The van der Waals surface area contributed by atoms with Gasteiger partial charge in [-0.25, -0.2) is 0 Å². The molecule has 1 aromatic rings. The molecule has 1 N–H and O–H groups in total. The first-order valence-corrected chi connectivity index (χ1v) is 5.17. The number of benzene rings is 1. The van der Waals surface area contributed by atoms with Gasteiger partial charge in [0.1, 0.15) is 5.72 Å². The molecule has 1 saturated heterocycles. The molecule has 1 aromatic carbocycles. The number of para-hydroxylation sites is 1. The first-order chi connectivity index (χ1) is 6.66. The smallest absolute Gasteiger partial charge is 0.145 e. The molecular formula is C12H15NO. The van der Waals surface area contributed by atoms with Crippen molar-refractivity contribution < 1.29 is 4.74 Å². The lowest BCUT2D eigenvalue weighted by Crippen LogP contribution is -2.44. The van der Waals surface area contributed by atoms with Crippen LogP contribution in [-0.4, -0.2) is 12.3 Å². The number of rotatable bonds is 0. The quantitative estimate of drug-likeness (QED) is 0.677. The molecule has 2 aliphatic heterocycles. The van der Waals surface area contributed by atoms with Gasteiger partial charge in [0.15, 0.2) is 0 Å². The molecule has 74 valence electrons. The highest BCUT2D eigenvalue weighted by atomic mass is 16.5. The summed E-state index contributed by atoms with van der Waals surface area (Å²) in [6.07, 6.45) is 1.10. The summed E-state index contributed by atoms with van der Waals surface area (Å²) in [6.45, 7) is 5.30. The first kappa shape index (κ1) is 8.30. The predicted molar refractivity (Wildman–Crippen MR) is 56.4 cm³/mol. The van der Waals surface area contributed by atoms with Crippen molar-refractivity contribution in [1.82, 2.24) is 0 Å². The van der Waals surface area contributed by atoms with Gasteiger partial charge in [-0.3, -0.25) is 0 Å². The molecule has 14 heavy (non-hydrogen) atoms. The SMILES string of the molecule is C[C@@]12Nc3ccccc3[C@@]1(C)CCO2. The third-order valence-corrected chi connectivity index (χ3v) is 3.94. The van der Waals surface area contributed by atoms with Crippen LogP contribution in [0.1, 0.15) is 25.8 Å². The number of nitrogens with one attached hydrogen (secondary N) is 1. The highest BCUT2D eigenvalue weighted by Crippen LogP contribution is 2.53. The van der Waals surface area contributed by atoms with E-state index in [9.17, 15) is 0 Å². The standard InChI is InChI=1S/C12H15NO/c1-11-7-8-14-12(11,2)13-10-6-4-3-5-9(10)11/h3-6,13H,7-8H2,1-2H3/t11-,12+/m1/s1. The highest BCUT2D eigenvalue weighted by Gasteiger charge is 2.56. The fourth-order valence-electron chi connectivity index (χ4n) is 2.75. The maximum absolute atomic E-state index is 5.84.